The molecule has 2 rings (SSSR count). The second-order valence-electron chi connectivity index (χ2n) is 4.71. The molecule has 0 fully saturated rings. The van der Waals surface area contributed by atoms with Gasteiger partial charge < -0.3 is 15.4 Å². The molecule has 0 saturated carbocycles. The van der Waals surface area contributed by atoms with E-state index in [1.165, 1.54) is 0 Å². The van der Waals surface area contributed by atoms with Crippen molar-refractivity contribution in [2.24, 2.45) is 0 Å². The van der Waals surface area contributed by atoms with Gasteiger partial charge in [0, 0.05) is 24.8 Å². The van der Waals surface area contributed by atoms with Crippen LogP contribution in [0.2, 0.25) is 5.02 Å². The highest BCUT2D eigenvalue weighted by atomic mass is 35.5. The Morgan fingerprint density at radius 2 is 1.81 bits per heavy atom. The van der Waals surface area contributed by atoms with Crippen LogP contribution in [-0.2, 0) is 0 Å². The van der Waals surface area contributed by atoms with E-state index in [0.29, 0.717) is 0 Å². The lowest BCUT2D eigenvalue weighted by atomic mass is 10.3. The maximum Gasteiger partial charge on any atom is 0.121 e. The van der Waals surface area contributed by atoms with Crippen molar-refractivity contribution >= 4 is 23.0 Å². The molecule has 0 aliphatic rings. The van der Waals surface area contributed by atoms with Crippen LogP contribution in [0.5, 0.6) is 5.75 Å². The average molecular weight is 305 g/mol. The second kappa shape index (κ2) is 8.42. The van der Waals surface area contributed by atoms with Crippen molar-refractivity contribution in [3.8, 4) is 5.75 Å². The highest BCUT2D eigenvalue weighted by Gasteiger charge is 1.98. The van der Waals surface area contributed by atoms with Crippen LogP contribution in [0.3, 0.4) is 0 Å². The van der Waals surface area contributed by atoms with E-state index in [9.17, 15) is 0 Å². The van der Waals surface area contributed by atoms with Gasteiger partial charge in [-0.2, -0.15) is 0 Å². The molecule has 0 unspecified atom stereocenters. The summed E-state index contributed by atoms with van der Waals surface area (Å²) in [6.07, 6.45) is 1.01. The van der Waals surface area contributed by atoms with E-state index in [-0.39, 0.29) is 0 Å². The van der Waals surface area contributed by atoms with Gasteiger partial charge in [0.15, 0.2) is 0 Å². The van der Waals surface area contributed by atoms with Crippen molar-refractivity contribution in [1.29, 1.82) is 0 Å². The Morgan fingerprint density at radius 1 is 1.00 bits per heavy atom. The molecule has 0 saturated heterocycles. The van der Waals surface area contributed by atoms with Gasteiger partial charge in [0.1, 0.15) is 5.75 Å². The molecule has 2 aromatic carbocycles. The van der Waals surface area contributed by atoms with Gasteiger partial charge in [-0.05, 0) is 30.7 Å². The van der Waals surface area contributed by atoms with E-state index in [0.717, 1.165) is 48.3 Å². The van der Waals surface area contributed by atoms with Crippen molar-refractivity contribution < 1.29 is 4.74 Å². The van der Waals surface area contributed by atoms with E-state index in [4.69, 9.17) is 16.3 Å². The second-order valence-corrected chi connectivity index (χ2v) is 5.12. The first-order valence-electron chi connectivity index (χ1n) is 7.24. The fourth-order valence-corrected chi connectivity index (χ4v) is 2.13. The van der Waals surface area contributed by atoms with Crippen LogP contribution in [0, 0.1) is 0 Å². The maximum absolute atomic E-state index is 6.09. The molecule has 0 heterocycles. The van der Waals surface area contributed by atoms with Gasteiger partial charge in [0.25, 0.3) is 0 Å². The van der Waals surface area contributed by atoms with Crippen LogP contribution >= 0.6 is 11.6 Å². The largest absolute Gasteiger partial charge is 0.494 e. The van der Waals surface area contributed by atoms with Gasteiger partial charge in [0.2, 0.25) is 0 Å². The number of nitrogens with one attached hydrogen (secondary N) is 2. The van der Waals surface area contributed by atoms with E-state index in [1.54, 1.807) is 0 Å². The fourth-order valence-electron chi connectivity index (χ4n) is 1.92. The minimum atomic E-state index is 0.743. The molecule has 0 bridgehead atoms. The normalized spacial score (nSPS) is 10.2. The highest BCUT2D eigenvalue weighted by Crippen LogP contribution is 2.20. The molecular formula is C17H21ClN2O. The van der Waals surface area contributed by atoms with Crippen molar-refractivity contribution in [1.82, 2.24) is 0 Å². The molecule has 0 amide bonds. The van der Waals surface area contributed by atoms with Crippen molar-refractivity contribution in [3.05, 3.63) is 53.6 Å². The maximum atomic E-state index is 6.09. The number of benzene rings is 2. The number of para-hydroxylation sites is 1. The Labute approximate surface area is 131 Å². The van der Waals surface area contributed by atoms with Crippen molar-refractivity contribution in [2.45, 2.75) is 13.3 Å². The molecule has 2 N–H and O–H groups in total. The van der Waals surface area contributed by atoms with Crippen LogP contribution in [0.1, 0.15) is 13.3 Å². The molecule has 0 aliphatic carbocycles. The van der Waals surface area contributed by atoms with Gasteiger partial charge in [-0.15, -0.1) is 0 Å². The fraction of sp³-hybridized carbons (Fsp3) is 0.294. The van der Waals surface area contributed by atoms with Crippen LogP contribution in [0.25, 0.3) is 0 Å². The Hall–Kier alpha value is -1.87. The van der Waals surface area contributed by atoms with Gasteiger partial charge >= 0.3 is 0 Å². The Kier molecular flexibility index (Phi) is 6.22. The monoisotopic (exact) mass is 304 g/mol. The van der Waals surface area contributed by atoms with Crippen LogP contribution in [-0.4, -0.2) is 19.7 Å². The zero-order chi connectivity index (χ0) is 14.9. The average Bonchev–Trinajstić information content (AvgIpc) is 2.51. The third-order valence-corrected chi connectivity index (χ3v) is 3.28. The first-order valence-corrected chi connectivity index (χ1v) is 7.62. The van der Waals surface area contributed by atoms with E-state index >= 15 is 0 Å². The summed E-state index contributed by atoms with van der Waals surface area (Å²) in [5.74, 6) is 0.904. The topological polar surface area (TPSA) is 33.3 Å². The van der Waals surface area contributed by atoms with Crippen LogP contribution < -0.4 is 15.4 Å². The molecule has 21 heavy (non-hydrogen) atoms. The van der Waals surface area contributed by atoms with Gasteiger partial charge in [-0.3, -0.25) is 0 Å². The minimum absolute atomic E-state index is 0.743. The van der Waals surface area contributed by atoms with Gasteiger partial charge in [0.05, 0.1) is 17.3 Å². The molecule has 0 aromatic heterocycles. The number of rotatable bonds is 8. The third-order valence-electron chi connectivity index (χ3n) is 2.95. The summed E-state index contributed by atoms with van der Waals surface area (Å²) in [7, 11) is 0. The quantitative estimate of drug-likeness (QED) is 0.696. The first-order chi connectivity index (χ1) is 10.3. The molecule has 0 radical (unpaired) electrons. The summed E-state index contributed by atoms with van der Waals surface area (Å²) in [6, 6.07) is 15.8. The molecule has 3 nitrogen and oxygen atoms in total. The number of halogens is 1. The Morgan fingerprint density at radius 3 is 2.62 bits per heavy atom. The van der Waals surface area contributed by atoms with E-state index in [1.807, 2.05) is 48.5 Å². The Balaban J connectivity index is 1.77. The summed E-state index contributed by atoms with van der Waals surface area (Å²) in [5.41, 5.74) is 2.02. The van der Waals surface area contributed by atoms with E-state index < -0.39 is 0 Å². The van der Waals surface area contributed by atoms with Crippen molar-refractivity contribution in [3.63, 3.8) is 0 Å². The van der Waals surface area contributed by atoms with Crippen LogP contribution in [0.4, 0.5) is 11.4 Å². The predicted octanol–water partition coefficient (Wildman–Crippen LogP) is 4.65. The lowest BCUT2D eigenvalue weighted by Gasteiger charge is -2.11. The van der Waals surface area contributed by atoms with E-state index in [2.05, 4.69) is 17.6 Å². The molecule has 4 heteroatoms. The first kappa shape index (κ1) is 15.5. The summed E-state index contributed by atoms with van der Waals surface area (Å²) in [6.45, 7) is 4.45. The number of hydrogen-bond donors (Lipinski definition) is 2. The molecule has 112 valence electrons. The summed E-state index contributed by atoms with van der Waals surface area (Å²) >= 11 is 6.09. The number of hydrogen-bond acceptors (Lipinski definition) is 3. The molecule has 0 spiro atoms. The smallest absolute Gasteiger partial charge is 0.121 e. The molecular weight excluding hydrogens is 284 g/mol. The highest BCUT2D eigenvalue weighted by molar-refractivity contribution is 6.33. The lowest BCUT2D eigenvalue weighted by Crippen LogP contribution is -2.13. The lowest BCUT2D eigenvalue weighted by molar-refractivity contribution is 0.317. The van der Waals surface area contributed by atoms with Gasteiger partial charge in [-0.25, -0.2) is 0 Å². The minimum Gasteiger partial charge on any atom is -0.494 e. The number of anilines is 2. The molecule has 0 atom stereocenters. The molecule has 0 aliphatic heterocycles. The summed E-state index contributed by atoms with van der Waals surface area (Å²) in [4.78, 5) is 0. The van der Waals surface area contributed by atoms with Gasteiger partial charge in [-0.1, -0.05) is 36.7 Å². The standard InChI is InChI=1S/C17H21ClN2O/c1-2-12-21-15-7-5-6-14(13-15)19-10-11-20-17-9-4-3-8-16(17)18/h3-9,13,19-20H,2,10-12H2,1H3. The van der Waals surface area contributed by atoms with Crippen molar-refractivity contribution in [2.75, 3.05) is 30.3 Å². The summed E-state index contributed by atoms with van der Waals surface area (Å²) < 4.78 is 5.61. The Bertz CT molecular complexity index is 560. The molecule has 2 aromatic rings. The van der Waals surface area contributed by atoms with Crippen LogP contribution in [0.15, 0.2) is 48.5 Å². The SMILES string of the molecule is CCCOc1cccc(NCCNc2ccccc2Cl)c1. The zero-order valence-electron chi connectivity index (χ0n) is 12.2. The summed E-state index contributed by atoms with van der Waals surface area (Å²) in [5, 5.41) is 7.42. The third kappa shape index (κ3) is 5.20. The number of ether oxygens (including phenoxy) is 1. The predicted molar refractivity (Wildman–Crippen MR) is 90.7 cm³/mol. The zero-order valence-corrected chi connectivity index (χ0v) is 13.0.